The van der Waals surface area contributed by atoms with Crippen LogP contribution in [0.4, 0.5) is 0 Å². The summed E-state index contributed by atoms with van der Waals surface area (Å²) >= 11 is 5.22. The molecule has 0 unspecified atom stereocenters. The molecule has 4 heteroatoms. The average molecular weight is 774 g/mol. The van der Waals surface area contributed by atoms with Gasteiger partial charge >= 0.3 is 275 Å². The first-order valence-electron chi connectivity index (χ1n) is 18.2. The first kappa shape index (κ1) is 29.6. The number of hydrogen-bond acceptors (Lipinski definition) is 2. The van der Waals surface area contributed by atoms with Crippen molar-refractivity contribution >= 4 is 51.0 Å². The molecule has 8 aliphatic rings. The third-order valence-corrected chi connectivity index (χ3v) is 17.0. The molecule has 0 spiro atoms. The van der Waals surface area contributed by atoms with E-state index in [1.165, 1.54) is 161 Å². The molecule has 224 valence electrons. The van der Waals surface area contributed by atoms with Crippen molar-refractivity contribution in [3.05, 3.63) is 0 Å². The minimum atomic E-state index is 0.511. The summed E-state index contributed by atoms with van der Waals surface area (Å²) in [5, 5.41) is 0. The van der Waals surface area contributed by atoms with E-state index in [0.29, 0.717) is 10.8 Å². The first-order valence-corrected chi connectivity index (χ1v) is 20.6. The molecule has 0 aromatic rings. The summed E-state index contributed by atoms with van der Waals surface area (Å²) in [7, 11) is 0. The van der Waals surface area contributed by atoms with Gasteiger partial charge in [0.1, 0.15) is 0 Å². The van der Waals surface area contributed by atoms with Crippen LogP contribution in [-0.4, -0.2) is 85.0 Å². The Morgan fingerprint density at radius 1 is 0.425 bits per heavy atom. The van der Waals surface area contributed by atoms with Gasteiger partial charge in [0.25, 0.3) is 0 Å². The summed E-state index contributed by atoms with van der Waals surface area (Å²) < 4.78 is 3.85. The van der Waals surface area contributed by atoms with Crippen molar-refractivity contribution < 1.29 is 0 Å². The number of rotatable bonds is 8. The van der Waals surface area contributed by atoms with Gasteiger partial charge in [-0.05, 0) is 0 Å². The fourth-order valence-electron chi connectivity index (χ4n) is 12.0. The van der Waals surface area contributed by atoms with Crippen LogP contribution in [0.15, 0.2) is 0 Å². The van der Waals surface area contributed by atoms with E-state index < -0.39 is 0 Å². The van der Waals surface area contributed by atoms with E-state index in [2.05, 4.69) is 53.4 Å². The van der Waals surface area contributed by atoms with Crippen molar-refractivity contribution in [2.45, 2.75) is 191 Å². The van der Waals surface area contributed by atoms with Gasteiger partial charge in [-0.25, -0.2) is 0 Å². The van der Waals surface area contributed by atoms with E-state index in [0.717, 1.165) is 36.0 Å². The summed E-state index contributed by atoms with van der Waals surface area (Å²) in [6.45, 7) is 0. The molecule has 8 fully saturated rings. The molecule has 4 bridgehead atoms. The Balaban J connectivity index is 1.20. The standard InChI is InChI=1S/C36H58N2Te2/c39-33(37(29-13-5-1-6-14-29)30-15-7-2-8-16-30)35-22-27-21-28(23-35)25-36(24-27,26-35)34(40)38(31-17-9-3-10-18-31)32-19-11-4-12-20-32/h27-32H,1-26H2. The SMILES string of the molecule is [Te]=C(N(C1CCCCC1)C1CCCCC1)C12CC3CC(C1)CC(C(=[Te])N(C1CCCCC1)C1CCCCC1)(C3)C2. The Kier molecular flexibility index (Phi) is 9.43. The zero-order chi connectivity index (χ0) is 27.2. The Morgan fingerprint density at radius 2 is 0.700 bits per heavy atom. The predicted molar refractivity (Wildman–Crippen MR) is 172 cm³/mol. The van der Waals surface area contributed by atoms with Gasteiger partial charge in [0.15, 0.2) is 0 Å². The monoisotopic (exact) mass is 778 g/mol. The van der Waals surface area contributed by atoms with Crippen LogP contribution in [0.3, 0.4) is 0 Å². The van der Waals surface area contributed by atoms with Crippen LogP contribution in [0.1, 0.15) is 167 Å². The van der Waals surface area contributed by atoms with Crippen LogP contribution >= 0.6 is 0 Å². The van der Waals surface area contributed by atoms with Crippen molar-refractivity contribution in [1.29, 1.82) is 0 Å². The zero-order valence-electron chi connectivity index (χ0n) is 25.6. The maximum atomic E-state index is 3.19. The summed E-state index contributed by atoms with van der Waals surface area (Å²) in [5.41, 5.74) is 1.02. The van der Waals surface area contributed by atoms with Crippen molar-refractivity contribution in [1.82, 2.24) is 9.80 Å². The van der Waals surface area contributed by atoms with E-state index >= 15 is 0 Å². The van der Waals surface area contributed by atoms with Gasteiger partial charge in [-0.3, -0.25) is 0 Å². The molecule has 0 amide bonds. The molecule has 8 saturated carbocycles. The molecule has 0 heterocycles. The zero-order valence-corrected chi connectivity index (χ0v) is 30.2. The Bertz CT molecular complexity index is 786. The van der Waals surface area contributed by atoms with Crippen molar-refractivity contribution in [3.8, 4) is 0 Å². The van der Waals surface area contributed by atoms with Crippen LogP contribution in [0.25, 0.3) is 0 Å². The van der Waals surface area contributed by atoms with Crippen molar-refractivity contribution in [2.75, 3.05) is 0 Å². The van der Waals surface area contributed by atoms with Gasteiger partial charge in [0.05, 0.1) is 0 Å². The summed E-state index contributed by atoms with van der Waals surface area (Å²) in [4.78, 5) is 6.39. The normalized spacial score (nSPS) is 37.9. The average Bonchev–Trinajstić information content (AvgIpc) is 2.99. The fourth-order valence-corrected chi connectivity index (χ4v) is 15.1. The number of nitrogens with zero attached hydrogens (tertiary/aromatic N) is 2. The van der Waals surface area contributed by atoms with Gasteiger partial charge in [-0.2, -0.15) is 0 Å². The van der Waals surface area contributed by atoms with E-state index in [1.54, 1.807) is 6.42 Å². The predicted octanol–water partition coefficient (Wildman–Crippen LogP) is 8.10. The second-order valence-electron chi connectivity index (χ2n) is 16.1. The quantitative estimate of drug-likeness (QED) is 0.230. The molecule has 8 aliphatic carbocycles. The Labute approximate surface area is 272 Å². The fraction of sp³-hybridized carbons (Fsp3) is 0.944. The molecule has 0 aromatic heterocycles. The first-order chi connectivity index (χ1) is 19.6. The van der Waals surface area contributed by atoms with Gasteiger partial charge in [-0.1, -0.05) is 0 Å². The summed E-state index contributed by atoms with van der Waals surface area (Å²) in [6, 6.07) is 3.43. The maximum absolute atomic E-state index is 3.19. The van der Waals surface area contributed by atoms with E-state index in [9.17, 15) is 0 Å². The van der Waals surface area contributed by atoms with Crippen LogP contribution in [-0.2, 0) is 0 Å². The van der Waals surface area contributed by atoms with Gasteiger partial charge in [0, 0.05) is 0 Å². The molecule has 0 aliphatic heterocycles. The molecule has 40 heavy (non-hydrogen) atoms. The van der Waals surface area contributed by atoms with E-state index in [1.807, 2.05) is 7.35 Å². The molecule has 8 rings (SSSR count). The topological polar surface area (TPSA) is 6.48 Å². The molecular formula is C36H58N2Te2. The second-order valence-corrected chi connectivity index (χ2v) is 18.3. The van der Waals surface area contributed by atoms with E-state index in [-0.39, 0.29) is 0 Å². The summed E-state index contributed by atoms with van der Waals surface area (Å²) in [5.74, 6) is 1.99. The van der Waals surface area contributed by atoms with Crippen LogP contribution < -0.4 is 0 Å². The molecule has 0 N–H and O–H groups in total. The molecule has 2 nitrogen and oxygen atoms in total. The van der Waals surface area contributed by atoms with Gasteiger partial charge < -0.3 is 0 Å². The molecule has 0 saturated heterocycles. The number of hydrogen-bond donors (Lipinski definition) is 0. The molecule has 0 radical (unpaired) electrons. The third kappa shape index (κ3) is 5.72. The molecule has 0 atom stereocenters. The van der Waals surface area contributed by atoms with Crippen LogP contribution in [0.5, 0.6) is 0 Å². The summed E-state index contributed by atoms with van der Waals surface area (Å²) in [6.07, 6.45) is 38.9. The Hall–Kier alpha value is 0.919. The Morgan fingerprint density at radius 3 is 0.975 bits per heavy atom. The minimum absolute atomic E-state index is 0.511. The third-order valence-electron chi connectivity index (χ3n) is 13.3. The van der Waals surface area contributed by atoms with Crippen molar-refractivity contribution in [3.63, 3.8) is 0 Å². The van der Waals surface area contributed by atoms with Crippen molar-refractivity contribution in [2.24, 2.45) is 22.7 Å². The molecule has 0 aromatic carbocycles. The van der Waals surface area contributed by atoms with E-state index in [4.69, 9.17) is 0 Å². The second kappa shape index (κ2) is 12.7. The molecular weight excluding hydrogens is 716 g/mol. The van der Waals surface area contributed by atoms with Gasteiger partial charge in [0.2, 0.25) is 0 Å². The van der Waals surface area contributed by atoms with Gasteiger partial charge in [-0.15, -0.1) is 0 Å². The van der Waals surface area contributed by atoms with Crippen LogP contribution in [0, 0.1) is 22.7 Å². The van der Waals surface area contributed by atoms with Crippen LogP contribution in [0.2, 0.25) is 0 Å².